The van der Waals surface area contributed by atoms with Gasteiger partial charge in [0.25, 0.3) is 11.8 Å². The van der Waals surface area contributed by atoms with Gasteiger partial charge < -0.3 is 4.74 Å². The third-order valence-electron chi connectivity index (χ3n) is 4.91. The zero-order valence-electron chi connectivity index (χ0n) is 16.8. The smallest absolute Gasteiger partial charge is 0.262 e. The Morgan fingerprint density at radius 3 is 2.41 bits per heavy atom. The number of halogens is 1. The summed E-state index contributed by atoms with van der Waals surface area (Å²) in [6.45, 7) is 5.24. The zero-order valence-corrected chi connectivity index (χ0v) is 17.5. The number of ether oxygens (including phenoxy) is 1. The Hall–Kier alpha value is -2.83. The van der Waals surface area contributed by atoms with Crippen molar-refractivity contribution >= 4 is 34.3 Å². The molecule has 0 aliphatic carbocycles. The van der Waals surface area contributed by atoms with Crippen molar-refractivity contribution in [2.45, 2.75) is 33.2 Å². The summed E-state index contributed by atoms with van der Waals surface area (Å²) in [5.41, 5.74) is 2.46. The van der Waals surface area contributed by atoms with E-state index in [1.165, 1.54) is 0 Å². The van der Waals surface area contributed by atoms with Crippen molar-refractivity contribution in [3.05, 3.63) is 64.3 Å². The minimum absolute atomic E-state index is 0.0366. The maximum Gasteiger partial charge on any atom is 0.262 e. The van der Waals surface area contributed by atoms with Gasteiger partial charge in [-0.3, -0.25) is 19.4 Å². The molecule has 0 fully saturated rings. The molecular formula is C22H23ClN2O4. The Kier molecular flexibility index (Phi) is 5.96. The van der Waals surface area contributed by atoms with Crippen LogP contribution >= 0.6 is 11.6 Å². The number of carbonyl (C=O) groups excluding carboxylic acids is 2. The first-order valence-corrected chi connectivity index (χ1v) is 9.61. The molecule has 0 aliphatic rings. The molecule has 1 heterocycles. The average Bonchev–Trinajstić information content (AvgIpc) is 2.98. The van der Waals surface area contributed by atoms with Gasteiger partial charge >= 0.3 is 0 Å². The van der Waals surface area contributed by atoms with E-state index < -0.39 is 5.91 Å². The van der Waals surface area contributed by atoms with Gasteiger partial charge in [-0.1, -0.05) is 11.6 Å². The molecule has 1 amide bonds. The Morgan fingerprint density at radius 1 is 1.17 bits per heavy atom. The number of methoxy groups -OCH3 is 1. The quantitative estimate of drug-likeness (QED) is 0.494. The molecule has 0 saturated heterocycles. The first-order valence-electron chi connectivity index (χ1n) is 9.23. The van der Waals surface area contributed by atoms with Crippen LogP contribution in [0.3, 0.4) is 0 Å². The van der Waals surface area contributed by atoms with Gasteiger partial charge in [0.1, 0.15) is 5.75 Å². The maximum absolute atomic E-state index is 13.2. The fraction of sp³-hybridized carbons (Fsp3) is 0.273. The third-order valence-corrected chi connectivity index (χ3v) is 5.16. The predicted molar refractivity (Wildman–Crippen MR) is 112 cm³/mol. The van der Waals surface area contributed by atoms with Gasteiger partial charge in [0.05, 0.1) is 25.1 Å². The topological polar surface area (TPSA) is 71.8 Å². The maximum atomic E-state index is 13.2. The SMILES string of the molecule is COc1ccc2c(c1)c(CC(=O)N(O)C(C)C)c(C)n2C(=O)c1ccc(Cl)cc1. The lowest BCUT2D eigenvalue weighted by molar-refractivity contribution is -0.171. The third kappa shape index (κ3) is 3.99. The summed E-state index contributed by atoms with van der Waals surface area (Å²) in [5.74, 6) is -0.0475. The van der Waals surface area contributed by atoms with E-state index in [-0.39, 0.29) is 18.4 Å². The van der Waals surface area contributed by atoms with E-state index in [1.807, 2.05) is 0 Å². The second-order valence-electron chi connectivity index (χ2n) is 7.10. The van der Waals surface area contributed by atoms with E-state index in [0.717, 1.165) is 5.39 Å². The van der Waals surface area contributed by atoms with Crippen molar-refractivity contribution in [1.82, 2.24) is 9.63 Å². The van der Waals surface area contributed by atoms with E-state index in [9.17, 15) is 14.8 Å². The molecule has 1 N–H and O–H groups in total. The molecule has 0 unspecified atom stereocenters. The number of hydrogen-bond acceptors (Lipinski definition) is 4. The highest BCUT2D eigenvalue weighted by Gasteiger charge is 2.24. The second-order valence-corrected chi connectivity index (χ2v) is 7.54. The van der Waals surface area contributed by atoms with E-state index in [1.54, 1.807) is 74.9 Å². The fourth-order valence-electron chi connectivity index (χ4n) is 3.32. The van der Waals surface area contributed by atoms with Crippen LogP contribution in [0.5, 0.6) is 5.75 Å². The van der Waals surface area contributed by atoms with Crippen molar-refractivity contribution in [3.8, 4) is 5.75 Å². The van der Waals surface area contributed by atoms with E-state index in [4.69, 9.17) is 16.3 Å². The minimum atomic E-state index is -0.441. The van der Waals surface area contributed by atoms with Gasteiger partial charge in [-0.05, 0) is 68.8 Å². The standard InChI is InChI=1S/C22H23ClN2O4/c1-13(2)25(28)21(26)12-18-14(3)24(20-10-9-17(29-4)11-19(18)20)22(27)15-5-7-16(23)8-6-15/h5-11,13,28H,12H2,1-4H3. The lowest BCUT2D eigenvalue weighted by atomic mass is 10.1. The summed E-state index contributed by atoms with van der Waals surface area (Å²) in [6.07, 6.45) is -0.0366. The number of nitrogens with zero attached hydrogens (tertiary/aromatic N) is 2. The van der Waals surface area contributed by atoms with Crippen molar-refractivity contribution in [2.24, 2.45) is 0 Å². The first kappa shape index (κ1) is 20.9. The zero-order chi connectivity index (χ0) is 21.3. The van der Waals surface area contributed by atoms with Crippen molar-refractivity contribution in [3.63, 3.8) is 0 Å². The number of hydroxylamine groups is 2. The van der Waals surface area contributed by atoms with Crippen LogP contribution in [-0.2, 0) is 11.2 Å². The van der Waals surface area contributed by atoms with Gasteiger partial charge in [0, 0.05) is 21.7 Å². The summed E-state index contributed by atoms with van der Waals surface area (Å²) in [5, 5.41) is 12.0. The number of amides is 1. The Labute approximate surface area is 174 Å². The molecule has 0 spiro atoms. The number of carbonyl (C=O) groups is 2. The molecule has 152 valence electrons. The lowest BCUT2D eigenvalue weighted by Crippen LogP contribution is -2.34. The van der Waals surface area contributed by atoms with Gasteiger partial charge in [-0.25, -0.2) is 5.06 Å². The van der Waals surface area contributed by atoms with Gasteiger partial charge in [0.15, 0.2) is 0 Å². The Balaban J connectivity index is 2.15. The Bertz CT molecular complexity index is 1070. The summed E-state index contributed by atoms with van der Waals surface area (Å²) in [6, 6.07) is 11.7. The molecule has 0 bridgehead atoms. The second kappa shape index (κ2) is 8.27. The molecular weight excluding hydrogens is 392 g/mol. The Morgan fingerprint density at radius 2 is 1.83 bits per heavy atom. The largest absolute Gasteiger partial charge is 0.497 e. The van der Waals surface area contributed by atoms with Crippen LogP contribution in [0.15, 0.2) is 42.5 Å². The van der Waals surface area contributed by atoms with Gasteiger partial charge in [0.2, 0.25) is 0 Å². The lowest BCUT2D eigenvalue weighted by Gasteiger charge is -2.19. The normalized spacial score (nSPS) is 11.1. The summed E-state index contributed by atoms with van der Waals surface area (Å²) < 4.78 is 6.90. The highest BCUT2D eigenvalue weighted by molar-refractivity contribution is 6.30. The van der Waals surface area contributed by atoms with Gasteiger partial charge in [-0.15, -0.1) is 0 Å². The first-order chi connectivity index (χ1) is 13.7. The molecule has 0 atom stereocenters. The highest BCUT2D eigenvalue weighted by atomic mass is 35.5. The van der Waals surface area contributed by atoms with E-state index in [0.29, 0.717) is 38.2 Å². The van der Waals surface area contributed by atoms with E-state index in [2.05, 4.69) is 0 Å². The molecule has 6 nitrogen and oxygen atoms in total. The van der Waals surface area contributed by atoms with Crippen molar-refractivity contribution in [2.75, 3.05) is 7.11 Å². The minimum Gasteiger partial charge on any atom is -0.497 e. The van der Waals surface area contributed by atoms with Crippen LogP contribution < -0.4 is 4.74 Å². The monoisotopic (exact) mass is 414 g/mol. The number of aromatic nitrogens is 1. The molecule has 2 aromatic carbocycles. The highest BCUT2D eigenvalue weighted by Crippen LogP contribution is 2.31. The van der Waals surface area contributed by atoms with Crippen molar-refractivity contribution in [1.29, 1.82) is 0 Å². The molecule has 3 aromatic rings. The van der Waals surface area contributed by atoms with Crippen LogP contribution in [0, 0.1) is 6.92 Å². The summed E-state index contributed by atoms with van der Waals surface area (Å²) in [4.78, 5) is 25.8. The summed E-state index contributed by atoms with van der Waals surface area (Å²) >= 11 is 5.94. The van der Waals surface area contributed by atoms with Gasteiger partial charge in [-0.2, -0.15) is 0 Å². The van der Waals surface area contributed by atoms with Crippen LogP contribution in [-0.4, -0.2) is 39.8 Å². The van der Waals surface area contributed by atoms with Crippen LogP contribution in [0.1, 0.15) is 35.5 Å². The average molecular weight is 415 g/mol. The molecule has 0 saturated carbocycles. The number of benzene rings is 2. The molecule has 0 radical (unpaired) electrons. The van der Waals surface area contributed by atoms with Crippen LogP contribution in [0.25, 0.3) is 10.9 Å². The molecule has 7 heteroatoms. The number of hydrogen-bond donors (Lipinski definition) is 1. The van der Waals surface area contributed by atoms with Crippen LogP contribution in [0.2, 0.25) is 5.02 Å². The predicted octanol–water partition coefficient (Wildman–Crippen LogP) is 4.47. The molecule has 3 rings (SSSR count). The molecule has 0 aliphatic heterocycles. The van der Waals surface area contributed by atoms with E-state index >= 15 is 0 Å². The number of rotatable bonds is 5. The summed E-state index contributed by atoms with van der Waals surface area (Å²) in [7, 11) is 1.56. The molecule has 1 aromatic heterocycles. The van der Waals surface area contributed by atoms with Crippen molar-refractivity contribution < 1.29 is 19.5 Å². The molecule has 29 heavy (non-hydrogen) atoms. The fourth-order valence-corrected chi connectivity index (χ4v) is 3.44. The van der Waals surface area contributed by atoms with Crippen LogP contribution in [0.4, 0.5) is 0 Å². The number of fused-ring (bicyclic) bond motifs is 1.